The van der Waals surface area contributed by atoms with Crippen LogP contribution in [0.5, 0.6) is 0 Å². The Morgan fingerprint density at radius 2 is 1.77 bits per heavy atom. The van der Waals surface area contributed by atoms with Gasteiger partial charge in [0.25, 0.3) is 0 Å². The molecule has 0 unspecified atom stereocenters. The average molecular weight is 318 g/mol. The summed E-state index contributed by atoms with van der Waals surface area (Å²) in [6.45, 7) is 3.00. The highest BCUT2D eigenvalue weighted by Gasteiger charge is 2.55. The zero-order chi connectivity index (χ0) is 16.8. The molecule has 0 bridgehead atoms. The molecule has 0 aromatic heterocycles. The van der Waals surface area contributed by atoms with E-state index in [0.717, 1.165) is 11.1 Å². The minimum Gasteiger partial charge on any atom is -0.398 e. The maximum Gasteiger partial charge on any atom is 0.419 e. The van der Waals surface area contributed by atoms with E-state index in [1.54, 1.807) is 26.0 Å². The van der Waals surface area contributed by atoms with Gasteiger partial charge in [0.2, 0.25) is 0 Å². The van der Waals surface area contributed by atoms with Gasteiger partial charge in [0, 0.05) is 18.8 Å². The highest BCUT2D eigenvalue weighted by Crippen LogP contribution is 2.43. The standard InChI is InChI=1S/C15H21F3N2O2/c1-13(2,7-14(22,8-21)15(16,17)18)11-3-4-12(19)10-6-20-5-9(10)11/h3-4,20-22H,5-8,19H2,1-2H3/t14-/m0/s1. The van der Waals surface area contributed by atoms with Crippen LogP contribution in [0.25, 0.3) is 0 Å². The van der Waals surface area contributed by atoms with Crippen molar-refractivity contribution in [2.45, 2.75) is 50.6 Å². The molecule has 1 aromatic rings. The lowest BCUT2D eigenvalue weighted by atomic mass is 9.73. The van der Waals surface area contributed by atoms with Crippen LogP contribution in [-0.4, -0.2) is 28.6 Å². The van der Waals surface area contributed by atoms with Crippen LogP contribution >= 0.6 is 0 Å². The molecule has 4 nitrogen and oxygen atoms in total. The van der Waals surface area contributed by atoms with Gasteiger partial charge in [-0.2, -0.15) is 13.2 Å². The Kier molecular flexibility index (Phi) is 4.18. The molecule has 22 heavy (non-hydrogen) atoms. The topological polar surface area (TPSA) is 78.5 Å². The summed E-state index contributed by atoms with van der Waals surface area (Å²) in [6.07, 6.45) is -5.52. The van der Waals surface area contributed by atoms with Gasteiger partial charge in [-0.25, -0.2) is 0 Å². The number of halogens is 3. The van der Waals surface area contributed by atoms with E-state index in [0.29, 0.717) is 24.3 Å². The lowest BCUT2D eigenvalue weighted by Gasteiger charge is -2.37. The monoisotopic (exact) mass is 318 g/mol. The van der Waals surface area contributed by atoms with Gasteiger partial charge in [-0.1, -0.05) is 19.9 Å². The zero-order valence-electron chi connectivity index (χ0n) is 12.6. The van der Waals surface area contributed by atoms with Gasteiger partial charge in [0.05, 0.1) is 6.61 Å². The number of anilines is 1. The van der Waals surface area contributed by atoms with Crippen LogP contribution in [0.3, 0.4) is 0 Å². The van der Waals surface area contributed by atoms with Crippen molar-refractivity contribution in [3.63, 3.8) is 0 Å². The summed E-state index contributed by atoms with van der Waals surface area (Å²) in [5, 5.41) is 22.0. The maximum absolute atomic E-state index is 13.0. The summed E-state index contributed by atoms with van der Waals surface area (Å²) < 4.78 is 39.1. The molecule has 124 valence electrons. The number of nitrogens with one attached hydrogen (secondary N) is 1. The molecule has 0 saturated heterocycles. The van der Waals surface area contributed by atoms with Crippen molar-refractivity contribution in [3.8, 4) is 0 Å². The van der Waals surface area contributed by atoms with E-state index < -0.39 is 30.2 Å². The van der Waals surface area contributed by atoms with Crippen molar-refractivity contribution in [2.24, 2.45) is 0 Å². The Bertz CT molecular complexity index is 573. The highest BCUT2D eigenvalue weighted by atomic mass is 19.4. The highest BCUT2D eigenvalue weighted by molar-refractivity contribution is 5.57. The van der Waals surface area contributed by atoms with Crippen molar-refractivity contribution in [1.29, 1.82) is 0 Å². The molecule has 0 amide bonds. The van der Waals surface area contributed by atoms with Gasteiger partial charge in [-0.3, -0.25) is 0 Å². The third-order valence-electron chi connectivity index (χ3n) is 4.32. The summed E-state index contributed by atoms with van der Waals surface area (Å²) in [5.74, 6) is 0. The number of fused-ring (bicyclic) bond motifs is 1. The van der Waals surface area contributed by atoms with Gasteiger partial charge in [-0.15, -0.1) is 0 Å². The van der Waals surface area contributed by atoms with Crippen LogP contribution in [0.15, 0.2) is 12.1 Å². The third-order valence-corrected chi connectivity index (χ3v) is 4.32. The lowest BCUT2D eigenvalue weighted by Crippen LogP contribution is -2.52. The summed E-state index contributed by atoms with van der Waals surface area (Å²) in [5.41, 5.74) is 4.88. The Labute approximate surface area is 127 Å². The van der Waals surface area contributed by atoms with Gasteiger partial charge in [0.1, 0.15) is 0 Å². The Morgan fingerprint density at radius 3 is 2.32 bits per heavy atom. The predicted molar refractivity (Wildman–Crippen MR) is 77.1 cm³/mol. The molecule has 0 aliphatic carbocycles. The van der Waals surface area contributed by atoms with Crippen LogP contribution in [-0.2, 0) is 18.5 Å². The molecule has 2 rings (SSSR count). The van der Waals surface area contributed by atoms with E-state index in [2.05, 4.69) is 5.32 Å². The number of alkyl halides is 3. The quantitative estimate of drug-likeness (QED) is 0.639. The Morgan fingerprint density at radius 1 is 1.18 bits per heavy atom. The first-order valence-corrected chi connectivity index (χ1v) is 7.03. The van der Waals surface area contributed by atoms with Crippen LogP contribution in [0.2, 0.25) is 0 Å². The molecule has 0 spiro atoms. The fourth-order valence-corrected chi connectivity index (χ4v) is 3.14. The minimum atomic E-state index is -4.89. The SMILES string of the molecule is CC(C)(C[C@](O)(CO)C(F)(F)F)c1ccc(N)c2c1CNC2. The second kappa shape index (κ2) is 5.40. The number of rotatable bonds is 4. The van der Waals surface area contributed by atoms with Crippen molar-refractivity contribution >= 4 is 5.69 Å². The molecule has 1 heterocycles. The molecule has 1 aromatic carbocycles. The number of nitrogens with two attached hydrogens (primary N) is 1. The van der Waals surface area contributed by atoms with Crippen LogP contribution in [0, 0.1) is 0 Å². The summed E-state index contributed by atoms with van der Waals surface area (Å²) in [4.78, 5) is 0. The molecule has 5 N–H and O–H groups in total. The second-order valence-corrected chi connectivity index (χ2v) is 6.51. The molecule has 1 atom stereocenters. The number of nitrogen functional groups attached to an aromatic ring is 1. The molecule has 0 fully saturated rings. The molecule has 7 heteroatoms. The number of hydrogen-bond donors (Lipinski definition) is 4. The van der Waals surface area contributed by atoms with E-state index in [4.69, 9.17) is 10.8 Å². The maximum atomic E-state index is 13.0. The van der Waals surface area contributed by atoms with Crippen molar-refractivity contribution < 1.29 is 23.4 Å². The number of aliphatic hydroxyl groups excluding tert-OH is 1. The lowest BCUT2D eigenvalue weighted by molar-refractivity contribution is -0.277. The van der Waals surface area contributed by atoms with Gasteiger partial charge >= 0.3 is 6.18 Å². The summed E-state index contributed by atoms with van der Waals surface area (Å²) in [6, 6.07) is 3.38. The van der Waals surface area contributed by atoms with E-state index >= 15 is 0 Å². The first kappa shape index (κ1) is 17.1. The molecule has 1 aliphatic heterocycles. The van der Waals surface area contributed by atoms with Crippen molar-refractivity contribution in [2.75, 3.05) is 12.3 Å². The van der Waals surface area contributed by atoms with E-state index in [9.17, 15) is 18.3 Å². The van der Waals surface area contributed by atoms with Crippen molar-refractivity contribution in [1.82, 2.24) is 5.32 Å². The molecular formula is C15H21F3N2O2. The van der Waals surface area contributed by atoms with Gasteiger partial charge in [-0.05, 0) is 34.6 Å². The molecule has 1 aliphatic rings. The van der Waals surface area contributed by atoms with E-state index in [-0.39, 0.29) is 0 Å². The second-order valence-electron chi connectivity index (χ2n) is 6.51. The van der Waals surface area contributed by atoms with E-state index in [1.807, 2.05) is 0 Å². The Balaban J connectivity index is 2.42. The van der Waals surface area contributed by atoms with Gasteiger partial charge < -0.3 is 21.3 Å². The largest absolute Gasteiger partial charge is 0.419 e. The fourth-order valence-electron chi connectivity index (χ4n) is 3.14. The fraction of sp³-hybridized carbons (Fsp3) is 0.600. The Hall–Kier alpha value is -1.31. The average Bonchev–Trinajstić information content (AvgIpc) is 2.86. The molecule has 0 radical (unpaired) electrons. The smallest absolute Gasteiger partial charge is 0.398 e. The molecular weight excluding hydrogens is 297 g/mol. The molecule has 0 saturated carbocycles. The minimum absolute atomic E-state index is 0.530. The number of benzene rings is 1. The summed E-state index contributed by atoms with van der Waals surface area (Å²) >= 11 is 0. The van der Waals surface area contributed by atoms with Gasteiger partial charge in [0.15, 0.2) is 5.60 Å². The van der Waals surface area contributed by atoms with Crippen LogP contribution in [0.1, 0.15) is 37.0 Å². The van der Waals surface area contributed by atoms with Crippen LogP contribution < -0.4 is 11.1 Å². The van der Waals surface area contributed by atoms with Crippen LogP contribution in [0.4, 0.5) is 18.9 Å². The first-order valence-electron chi connectivity index (χ1n) is 7.03. The van der Waals surface area contributed by atoms with Crippen molar-refractivity contribution in [3.05, 3.63) is 28.8 Å². The summed E-state index contributed by atoms with van der Waals surface area (Å²) in [7, 11) is 0. The zero-order valence-corrected chi connectivity index (χ0v) is 12.6. The first-order chi connectivity index (χ1) is 10.0. The normalized spacial score (nSPS) is 18.1. The number of aliphatic hydroxyl groups is 2. The number of hydrogen-bond acceptors (Lipinski definition) is 4. The van der Waals surface area contributed by atoms with E-state index in [1.165, 1.54) is 0 Å². The predicted octanol–water partition coefficient (Wildman–Crippen LogP) is 1.83. The third kappa shape index (κ3) is 2.80.